The minimum atomic E-state index is -0.349. The van der Waals surface area contributed by atoms with Crippen LogP contribution >= 0.6 is 0 Å². The van der Waals surface area contributed by atoms with Crippen molar-refractivity contribution in [1.29, 1.82) is 0 Å². The van der Waals surface area contributed by atoms with Gasteiger partial charge in [0, 0.05) is 5.56 Å². The van der Waals surface area contributed by atoms with Gasteiger partial charge in [0.1, 0.15) is 11.5 Å². The van der Waals surface area contributed by atoms with Gasteiger partial charge >= 0.3 is 0 Å². The molecule has 0 radical (unpaired) electrons. The van der Waals surface area contributed by atoms with Crippen LogP contribution in [0.1, 0.15) is 41.8 Å². The number of benzene rings is 1. The third-order valence-electron chi connectivity index (χ3n) is 3.76. The Balaban J connectivity index is 1.71. The first kappa shape index (κ1) is 15.7. The highest BCUT2D eigenvalue weighted by atomic mass is 16.2. The van der Waals surface area contributed by atoms with Crippen molar-refractivity contribution in [3.63, 3.8) is 0 Å². The molecule has 2 aromatic heterocycles. The van der Waals surface area contributed by atoms with Crippen molar-refractivity contribution >= 4 is 11.9 Å². The molecule has 0 unspecified atom stereocenters. The van der Waals surface area contributed by atoms with E-state index >= 15 is 0 Å². The molecule has 0 bridgehead atoms. The SMILES string of the molecule is CCc1ccc(-c2cc(C(=O)N[C@@H](C)c3nc(N)n[nH]3)[nH]n2)cc1. The van der Waals surface area contributed by atoms with Gasteiger partial charge in [0.15, 0.2) is 0 Å². The molecule has 124 valence electrons. The molecule has 1 aromatic carbocycles. The Kier molecular flexibility index (Phi) is 4.28. The Morgan fingerprint density at radius 3 is 2.62 bits per heavy atom. The summed E-state index contributed by atoms with van der Waals surface area (Å²) in [4.78, 5) is 16.3. The molecule has 0 aliphatic rings. The molecule has 24 heavy (non-hydrogen) atoms. The number of carbonyl (C=O) groups excluding carboxylic acids is 1. The van der Waals surface area contributed by atoms with Gasteiger partial charge in [-0.25, -0.2) is 0 Å². The zero-order valence-electron chi connectivity index (χ0n) is 13.5. The van der Waals surface area contributed by atoms with Crippen LogP contribution in [-0.4, -0.2) is 31.3 Å². The third kappa shape index (κ3) is 3.27. The summed E-state index contributed by atoms with van der Waals surface area (Å²) >= 11 is 0. The fourth-order valence-corrected chi connectivity index (χ4v) is 2.32. The van der Waals surface area contributed by atoms with Crippen molar-refractivity contribution in [3.05, 3.63) is 47.4 Å². The van der Waals surface area contributed by atoms with Crippen LogP contribution in [0.5, 0.6) is 0 Å². The van der Waals surface area contributed by atoms with Crippen molar-refractivity contribution in [3.8, 4) is 11.3 Å². The van der Waals surface area contributed by atoms with E-state index in [1.165, 1.54) is 5.56 Å². The first-order valence-electron chi connectivity index (χ1n) is 7.70. The Hall–Kier alpha value is -3.16. The number of hydrogen-bond acceptors (Lipinski definition) is 5. The van der Waals surface area contributed by atoms with Gasteiger partial charge in [-0.1, -0.05) is 31.2 Å². The Bertz CT molecular complexity index is 834. The lowest BCUT2D eigenvalue weighted by Gasteiger charge is -2.09. The fourth-order valence-electron chi connectivity index (χ4n) is 2.32. The molecule has 3 rings (SSSR count). The third-order valence-corrected chi connectivity index (χ3v) is 3.76. The van der Waals surface area contributed by atoms with Crippen LogP contribution in [0.25, 0.3) is 11.3 Å². The molecular weight excluding hydrogens is 306 g/mol. The molecule has 8 heteroatoms. The number of nitrogens with two attached hydrogens (primary N) is 1. The molecule has 0 aliphatic heterocycles. The van der Waals surface area contributed by atoms with Crippen LogP contribution in [0.3, 0.4) is 0 Å². The fraction of sp³-hybridized carbons (Fsp3) is 0.250. The predicted octanol–water partition coefficient (Wildman–Crippen LogP) is 1.83. The van der Waals surface area contributed by atoms with Crippen molar-refractivity contribution < 1.29 is 4.79 Å². The van der Waals surface area contributed by atoms with Crippen LogP contribution in [-0.2, 0) is 6.42 Å². The smallest absolute Gasteiger partial charge is 0.269 e. The van der Waals surface area contributed by atoms with E-state index in [1.54, 1.807) is 13.0 Å². The number of nitrogen functional groups attached to an aromatic ring is 1. The van der Waals surface area contributed by atoms with Gasteiger partial charge < -0.3 is 11.1 Å². The minimum absolute atomic E-state index is 0.144. The van der Waals surface area contributed by atoms with Crippen LogP contribution < -0.4 is 11.1 Å². The Morgan fingerprint density at radius 2 is 2.00 bits per heavy atom. The number of nitrogens with one attached hydrogen (secondary N) is 3. The molecule has 3 aromatic rings. The summed E-state index contributed by atoms with van der Waals surface area (Å²) in [5.41, 5.74) is 8.78. The molecule has 5 N–H and O–H groups in total. The molecular formula is C16H19N7O. The molecule has 0 spiro atoms. The normalized spacial score (nSPS) is 12.1. The number of amides is 1. The zero-order valence-corrected chi connectivity index (χ0v) is 13.5. The number of anilines is 1. The highest BCUT2D eigenvalue weighted by molar-refractivity contribution is 5.93. The lowest BCUT2D eigenvalue weighted by molar-refractivity contribution is 0.0933. The average molecular weight is 325 g/mol. The van der Waals surface area contributed by atoms with Gasteiger partial charge in [-0.15, -0.1) is 5.10 Å². The second-order valence-corrected chi connectivity index (χ2v) is 5.49. The van der Waals surface area contributed by atoms with Crippen molar-refractivity contribution in [2.45, 2.75) is 26.3 Å². The Labute approximate surface area is 138 Å². The molecule has 8 nitrogen and oxygen atoms in total. The number of aryl methyl sites for hydroxylation is 1. The lowest BCUT2D eigenvalue weighted by atomic mass is 10.1. The van der Waals surface area contributed by atoms with Gasteiger partial charge in [0.25, 0.3) is 5.91 Å². The quantitative estimate of drug-likeness (QED) is 0.569. The van der Waals surface area contributed by atoms with Gasteiger partial charge in [0.2, 0.25) is 5.95 Å². The maximum Gasteiger partial charge on any atom is 0.269 e. The molecule has 0 saturated heterocycles. The standard InChI is InChI=1S/C16H19N7O/c1-3-10-4-6-11(7-5-10)12-8-13(21-20-12)15(24)18-9(2)14-19-16(17)23-22-14/h4-9H,3H2,1-2H3,(H,18,24)(H,20,21)(H3,17,19,22,23)/t9-/m0/s1. The van der Waals surface area contributed by atoms with E-state index < -0.39 is 0 Å². The molecule has 0 saturated carbocycles. The Morgan fingerprint density at radius 1 is 1.25 bits per heavy atom. The number of H-pyrrole nitrogens is 2. The molecule has 1 amide bonds. The topological polar surface area (TPSA) is 125 Å². The summed E-state index contributed by atoms with van der Waals surface area (Å²) in [7, 11) is 0. The van der Waals surface area contributed by atoms with Crippen LogP contribution in [0.15, 0.2) is 30.3 Å². The van der Waals surface area contributed by atoms with Gasteiger partial charge in [-0.05, 0) is 25.0 Å². The van der Waals surface area contributed by atoms with Crippen LogP contribution in [0.2, 0.25) is 0 Å². The maximum atomic E-state index is 12.3. The second-order valence-electron chi connectivity index (χ2n) is 5.49. The molecule has 1 atom stereocenters. The highest BCUT2D eigenvalue weighted by Gasteiger charge is 2.16. The zero-order chi connectivity index (χ0) is 17.1. The summed E-state index contributed by atoms with van der Waals surface area (Å²) in [6.07, 6.45) is 0.985. The van der Waals surface area contributed by atoms with E-state index in [0.717, 1.165) is 17.7 Å². The number of nitrogens with zero attached hydrogens (tertiary/aromatic N) is 3. The molecule has 0 fully saturated rings. The van der Waals surface area contributed by atoms with Crippen LogP contribution in [0, 0.1) is 0 Å². The van der Waals surface area contributed by atoms with E-state index in [4.69, 9.17) is 5.73 Å². The largest absolute Gasteiger partial charge is 0.367 e. The summed E-state index contributed by atoms with van der Waals surface area (Å²) in [5.74, 6) is 0.364. The number of aromatic amines is 2. The van der Waals surface area contributed by atoms with Crippen molar-refractivity contribution in [2.24, 2.45) is 0 Å². The monoisotopic (exact) mass is 325 g/mol. The summed E-state index contributed by atoms with van der Waals surface area (Å²) in [6, 6.07) is 9.48. The van der Waals surface area contributed by atoms with E-state index in [9.17, 15) is 4.79 Å². The molecule has 0 aliphatic carbocycles. The van der Waals surface area contributed by atoms with Gasteiger partial charge in [-0.2, -0.15) is 10.1 Å². The van der Waals surface area contributed by atoms with Crippen molar-refractivity contribution in [1.82, 2.24) is 30.7 Å². The average Bonchev–Trinajstić information content (AvgIpc) is 3.24. The summed E-state index contributed by atoms with van der Waals surface area (Å²) in [6.45, 7) is 3.90. The first-order chi connectivity index (χ1) is 11.6. The lowest BCUT2D eigenvalue weighted by Crippen LogP contribution is -2.27. The highest BCUT2D eigenvalue weighted by Crippen LogP contribution is 2.19. The number of carbonyl (C=O) groups is 1. The molecule has 2 heterocycles. The van der Waals surface area contributed by atoms with E-state index in [-0.39, 0.29) is 17.9 Å². The van der Waals surface area contributed by atoms with Gasteiger partial charge in [0.05, 0.1) is 11.7 Å². The first-order valence-corrected chi connectivity index (χ1v) is 7.70. The van der Waals surface area contributed by atoms with E-state index in [1.807, 2.05) is 12.1 Å². The van der Waals surface area contributed by atoms with Gasteiger partial charge in [-0.3, -0.25) is 15.0 Å². The minimum Gasteiger partial charge on any atom is -0.367 e. The van der Waals surface area contributed by atoms with Crippen molar-refractivity contribution in [2.75, 3.05) is 5.73 Å². The summed E-state index contributed by atoms with van der Waals surface area (Å²) < 4.78 is 0. The van der Waals surface area contributed by atoms with E-state index in [2.05, 4.69) is 49.8 Å². The summed E-state index contributed by atoms with van der Waals surface area (Å²) in [5, 5.41) is 16.2. The predicted molar refractivity (Wildman–Crippen MR) is 90.1 cm³/mol. The maximum absolute atomic E-state index is 12.3. The number of hydrogen-bond donors (Lipinski definition) is 4. The number of rotatable bonds is 5. The van der Waals surface area contributed by atoms with E-state index in [0.29, 0.717) is 11.5 Å². The second kappa shape index (κ2) is 6.53. The van der Waals surface area contributed by atoms with Crippen LogP contribution in [0.4, 0.5) is 5.95 Å². The number of aromatic nitrogens is 5.